The van der Waals surface area contributed by atoms with Crippen LogP contribution in [-0.2, 0) is 15.1 Å². The van der Waals surface area contributed by atoms with Crippen molar-refractivity contribution in [2.45, 2.75) is 70.3 Å². The first-order chi connectivity index (χ1) is 17.8. The van der Waals surface area contributed by atoms with Gasteiger partial charge in [0, 0.05) is 6.42 Å². The number of carbonyl (C=O) groups is 1. The van der Waals surface area contributed by atoms with Crippen LogP contribution < -0.4 is 0 Å². The van der Waals surface area contributed by atoms with E-state index < -0.39 is 28.9 Å². The molecule has 0 aromatic heterocycles. The molecular weight excluding hydrogens is 486 g/mol. The molecule has 0 saturated carbocycles. The summed E-state index contributed by atoms with van der Waals surface area (Å²) in [6, 6.07) is 6.38. The van der Waals surface area contributed by atoms with E-state index in [1.54, 1.807) is 6.92 Å². The van der Waals surface area contributed by atoms with Crippen molar-refractivity contribution < 1.29 is 32.2 Å². The van der Waals surface area contributed by atoms with Gasteiger partial charge >= 0.3 is 5.97 Å². The molecule has 4 nitrogen and oxygen atoms in total. The molecule has 0 radical (unpaired) electrons. The standard InChI is InChI=1S/C29H37F4NO3/c1-2-37-28(35)9-7-5-3-4-6-8-16-34-17-14-21(15-18-34)29(36,22-10-12-24(30)26(32)19-22)23-11-13-25(31)27(33)20-23/h10-13,19-21,36H,2-9,14-18H2,1H3. The van der Waals surface area contributed by atoms with Gasteiger partial charge in [0.05, 0.1) is 6.61 Å². The topological polar surface area (TPSA) is 49.8 Å². The molecule has 37 heavy (non-hydrogen) atoms. The second-order valence-corrected chi connectivity index (χ2v) is 9.82. The summed E-state index contributed by atoms with van der Waals surface area (Å²) in [4.78, 5) is 13.7. The summed E-state index contributed by atoms with van der Waals surface area (Å²) in [6.07, 6.45) is 7.80. The molecule has 8 heteroatoms. The second-order valence-electron chi connectivity index (χ2n) is 9.82. The number of nitrogens with zero attached hydrogens (tertiary/aromatic N) is 1. The average Bonchev–Trinajstić information content (AvgIpc) is 2.89. The lowest BCUT2D eigenvalue weighted by atomic mass is 9.72. The highest BCUT2D eigenvalue weighted by atomic mass is 19.2. The summed E-state index contributed by atoms with van der Waals surface area (Å²) >= 11 is 0. The molecule has 0 aliphatic carbocycles. The van der Waals surface area contributed by atoms with Crippen molar-refractivity contribution in [3.05, 3.63) is 70.8 Å². The second kappa shape index (κ2) is 13.9. The fraction of sp³-hybridized carbons (Fsp3) is 0.552. The Morgan fingerprint density at radius 2 is 1.38 bits per heavy atom. The third-order valence-corrected chi connectivity index (χ3v) is 7.31. The Kier molecular flexibility index (Phi) is 10.9. The number of hydrogen-bond donors (Lipinski definition) is 1. The molecule has 3 rings (SSSR count). The number of hydrogen-bond acceptors (Lipinski definition) is 4. The minimum atomic E-state index is -1.78. The van der Waals surface area contributed by atoms with Crippen LogP contribution in [0.15, 0.2) is 36.4 Å². The van der Waals surface area contributed by atoms with Gasteiger partial charge in [-0.15, -0.1) is 0 Å². The summed E-state index contributed by atoms with van der Waals surface area (Å²) < 4.78 is 60.3. The average molecular weight is 524 g/mol. The van der Waals surface area contributed by atoms with Crippen LogP contribution in [0.1, 0.15) is 75.8 Å². The van der Waals surface area contributed by atoms with Gasteiger partial charge in [-0.25, -0.2) is 17.6 Å². The summed E-state index contributed by atoms with van der Waals surface area (Å²) in [5, 5.41) is 11.9. The Labute approximate surface area is 216 Å². The van der Waals surface area contributed by atoms with Crippen molar-refractivity contribution >= 4 is 5.97 Å². The zero-order valence-corrected chi connectivity index (χ0v) is 21.5. The van der Waals surface area contributed by atoms with E-state index in [-0.39, 0.29) is 23.0 Å². The first-order valence-electron chi connectivity index (χ1n) is 13.3. The number of benzene rings is 2. The molecular formula is C29H37F4NO3. The number of unbranched alkanes of at least 4 members (excludes halogenated alkanes) is 5. The predicted octanol–water partition coefficient (Wildman–Crippen LogP) is 6.48. The maximum Gasteiger partial charge on any atom is 0.305 e. The van der Waals surface area contributed by atoms with Gasteiger partial charge in [-0.2, -0.15) is 0 Å². The lowest BCUT2D eigenvalue weighted by molar-refractivity contribution is -0.143. The normalized spacial score (nSPS) is 15.2. The molecule has 1 N–H and O–H groups in total. The van der Waals surface area contributed by atoms with Gasteiger partial charge in [-0.3, -0.25) is 4.79 Å². The Morgan fingerprint density at radius 1 is 0.865 bits per heavy atom. The number of esters is 1. The maximum atomic E-state index is 14.1. The van der Waals surface area contributed by atoms with Crippen LogP contribution >= 0.6 is 0 Å². The first kappa shape index (κ1) is 29.1. The molecule has 1 fully saturated rings. The van der Waals surface area contributed by atoms with Crippen molar-refractivity contribution in [2.24, 2.45) is 5.92 Å². The van der Waals surface area contributed by atoms with Gasteiger partial charge in [0.25, 0.3) is 0 Å². The van der Waals surface area contributed by atoms with Crippen LogP contribution in [-0.4, -0.2) is 42.2 Å². The number of ether oxygens (including phenoxy) is 1. The van der Waals surface area contributed by atoms with Crippen LogP contribution in [0.3, 0.4) is 0 Å². The smallest absolute Gasteiger partial charge is 0.305 e. The van der Waals surface area contributed by atoms with Crippen molar-refractivity contribution in [3.63, 3.8) is 0 Å². The number of likely N-dealkylation sites (tertiary alicyclic amines) is 1. The van der Waals surface area contributed by atoms with Crippen molar-refractivity contribution in [1.82, 2.24) is 4.90 Å². The van der Waals surface area contributed by atoms with Gasteiger partial charge in [-0.05, 0) is 93.6 Å². The van der Waals surface area contributed by atoms with E-state index in [0.717, 1.165) is 69.3 Å². The molecule has 1 aliphatic heterocycles. The lowest BCUT2D eigenvalue weighted by Gasteiger charge is -2.42. The van der Waals surface area contributed by atoms with Crippen molar-refractivity contribution in [1.29, 1.82) is 0 Å². The maximum absolute atomic E-state index is 14.1. The van der Waals surface area contributed by atoms with Gasteiger partial charge < -0.3 is 14.7 Å². The summed E-state index contributed by atoms with van der Waals surface area (Å²) in [5.74, 6) is -4.78. The molecule has 1 saturated heterocycles. The van der Waals surface area contributed by atoms with E-state index in [1.165, 1.54) is 12.1 Å². The van der Waals surface area contributed by atoms with Crippen LogP contribution in [0.25, 0.3) is 0 Å². The Balaban J connectivity index is 1.53. The third-order valence-electron chi connectivity index (χ3n) is 7.31. The number of halogens is 4. The third kappa shape index (κ3) is 7.77. The fourth-order valence-electron chi connectivity index (χ4n) is 5.22. The van der Waals surface area contributed by atoms with Crippen LogP contribution in [0.2, 0.25) is 0 Å². The van der Waals surface area contributed by atoms with Gasteiger partial charge in [0.15, 0.2) is 23.3 Å². The molecule has 0 bridgehead atoms. The SMILES string of the molecule is CCOC(=O)CCCCCCCCN1CCC(C(O)(c2ccc(F)c(F)c2)c2ccc(F)c(F)c2)CC1. The molecule has 1 heterocycles. The molecule has 2 aromatic rings. The van der Waals surface area contributed by atoms with E-state index in [0.29, 0.717) is 39.0 Å². The predicted molar refractivity (Wildman–Crippen MR) is 134 cm³/mol. The van der Waals surface area contributed by atoms with Crippen LogP contribution in [0.5, 0.6) is 0 Å². The summed E-state index contributed by atoms with van der Waals surface area (Å²) in [7, 11) is 0. The van der Waals surface area contributed by atoms with E-state index >= 15 is 0 Å². The Morgan fingerprint density at radius 3 is 1.89 bits per heavy atom. The molecule has 0 atom stereocenters. The van der Waals surface area contributed by atoms with Crippen LogP contribution in [0, 0.1) is 29.2 Å². The number of rotatable bonds is 13. The molecule has 204 valence electrons. The monoisotopic (exact) mass is 523 g/mol. The van der Waals surface area contributed by atoms with Gasteiger partial charge in [0.2, 0.25) is 0 Å². The van der Waals surface area contributed by atoms with E-state index in [1.807, 2.05) is 0 Å². The van der Waals surface area contributed by atoms with Crippen LogP contribution in [0.4, 0.5) is 17.6 Å². The Bertz CT molecular complexity index is 973. The largest absolute Gasteiger partial charge is 0.466 e. The van der Waals surface area contributed by atoms with Gasteiger partial charge in [-0.1, -0.05) is 37.8 Å². The Hall–Kier alpha value is -2.45. The highest BCUT2D eigenvalue weighted by molar-refractivity contribution is 5.69. The number of aliphatic hydroxyl groups is 1. The highest BCUT2D eigenvalue weighted by Gasteiger charge is 2.42. The molecule has 2 aromatic carbocycles. The van der Waals surface area contributed by atoms with E-state index in [2.05, 4.69) is 4.90 Å². The van der Waals surface area contributed by atoms with E-state index in [4.69, 9.17) is 4.74 Å². The van der Waals surface area contributed by atoms with Gasteiger partial charge in [0.1, 0.15) is 5.60 Å². The zero-order chi connectivity index (χ0) is 26.8. The highest BCUT2D eigenvalue weighted by Crippen LogP contribution is 2.42. The molecule has 0 unspecified atom stereocenters. The minimum Gasteiger partial charge on any atom is -0.466 e. The fourth-order valence-corrected chi connectivity index (χ4v) is 5.22. The molecule has 0 amide bonds. The molecule has 1 aliphatic rings. The quantitative estimate of drug-likeness (QED) is 0.185. The first-order valence-corrected chi connectivity index (χ1v) is 13.3. The zero-order valence-electron chi connectivity index (χ0n) is 21.5. The van der Waals surface area contributed by atoms with E-state index in [9.17, 15) is 27.5 Å². The summed E-state index contributed by atoms with van der Waals surface area (Å²) in [6.45, 7) is 4.56. The molecule has 0 spiro atoms. The lowest BCUT2D eigenvalue weighted by Crippen LogP contribution is -2.44. The number of carbonyl (C=O) groups excluding carboxylic acids is 1. The summed E-state index contributed by atoms with van der Waals surface area (Å²) in [5.41, 5.74) is -1.53. The van der Waals surface area contributed by atoms with Crippen molar-refractivity contribution in [3.8, 4) is 0 Å². The minimum absolute atomic E-state index is 0.124. The van der Waals surface area contributed by atoms with Crippen molar-refractivity contribution in [2.75, 3.05) is 26.2 Å². The number of piperidine rings is 1.